The fourth-order valence-electron chi connectivity index (χ4n) is 0.896. The third kappa shape index (κ3) is 1.85. The van der Waals surface area contributed by atoms with Gasteiger partial charge in [-0.15, -0.1) is 0 Å². The van der Waals surface area contributed by atoms with Crippen molar-refractivity contribution >= 4 is 37.8 Å². The maximum Gasteiger partial charge on any atom is 0.311 e. The molecule has 1 aliphatic heterocycles. The van der Waals surface area contributed by atoms with E-state index in [9.17, 15) is 4.79 Å². The van der Waals surface area contributed by atoms with Gasteiger partial charge in [0.25, 0.3) is 0 Å². The average molecular weight is 284 g/mol. The van der Waals surface area contributed by atoms with Crippen LogP contribution in [0.4, 0.5) is 0 Å². The molecule has 62 valence electrons. The summed E-state index contributed by atoms with van der Waals surface area (Å²) in [5.41, 5.74) is -0.520. The summed E-state index contributed by atoms with van der Waals surface area (Å²) in [6.45, 7) is 3.69. The molecule has 11 heavy (non-hydrogen) atoms. The first-order valence-electron chi connectivity index (χ1n) is 3.20. The van der Waals surface area contributed by atoms with Crippen LogP contribution in [0.3, 0.4) is 0 Å². The molecule has 0 radical (unpaired) electrons. The molecular weight excluding hydrogens is 276 g/mol. The Labute approximate surface area is 82.2 Å². The Balaban J connectivity index is 3.02. The molecule has 0 bridgehead atoms. The highest BCUT2D eigenvalue weighted by Gasteiger charge is 2.33. The van der Waals surface area contributed by atoms with Gasteiger partial charge in [-0.25, -0.2) is 0 Å². The van der Waals surface area contributed by atoms with Crippen LogP contribution in [0.2, 0.25) is 0 Å². The number of hydrogen-bond acceptors (Lipinski definition) is 2. The Kier molecular flexibility index (Phi) is 2.44. The molecule has 0 spiro atoms. The predicted octanol–water partition coefficient (Wildman–Crippen LogP) is 2.71. The average Bonchev–Trinajstić information content (AvgIpc) is 1.81. The first kappa shape index (κ1) is 9.26. The van der Waals surface area contributed by atoms with Gasteiger partial charge in [-0.1, -0.05) is 31.9 Å². The molecule has 2 nitrogen and oxygen atoms in total. The molecule has 1 heterocycles. The van der Waals surface area contributed by atoms with Crippen molar-refractivity contribution in [1.29, 1.82) is 0 Å². The molecule has 0 N–H and O–H groups in total. The normalized spacial score (nSPS) is 23.5. The minimum Gasteiger partial charge on any atom is -0.454 e. The third-order valence-corrected chi connectivity index (χ3v) is 4.08. The molecule has 4 heteroatoms. The Bertz CT molecular complexity index is 231. The van der Waals surface area contributed by atoms with Crippen LogP contribution in [0, 0.1) is 0 Å². The summed E-state index contributed by atoms with van der Waals surface area (Å²) < 4.78 is 6.86. The van der Waals surface area contributed by atoms with Crippen LogP contribution in [-0.2, 0) is 9.53 Å². The van der Waals surface area contributed by atoms with Gasteiger partial charge in [0.2, 0.25) is 0 Å². The lowest BCUT2D eigenvalue weighted by atomic mass is 10.1. The van der Waals surface area contributed by atoms with Crippen molar-refractivity contribution in [2.24, 2.45) is 0 Å². The van der Waals surface area contributed by atoms with E-state index >= 15 is 0 Å². The van der Waals surface area contributed by atoms with Gasteiger partial charge in [-0.05, 0) is 13.8 Å². The monoisotopic (exact) mass is 282 g/mol. The molecule has 0 aromatic heterocycles. The van der Waals surface area contributed by atoms with E-state index in [4.69, 9.17) is 4.74 Å². The summed E-state index contributed by atoms with van der Waals surface area (Å²) in [7, 11) is 0. The molecule has 0 aromatic rings. The van der Waals surface area contributed by atoms with Gasteiger partial charge in [-0.2, -0.15) is 0 Å². The first-order chi connectivity index (χ1) is 4.93. The zero-order valence-electron chi connectivity index (χ0n) is 6.28. The molecule has 0 amide bonds. The number of cyclic esters (lactones) is 1. The molecule has 0 atom stereocenters. The minimum atomic E-state index is -0.520. The molecule has 0 unspecified atom stereocenters. The largest absolute Gasteiger partial charge is 0.454 e. The third-order valence-electron chi connectivity index (χ3n) is 1.44. The predicted molar refractivity (Wildman–Crippen MR) is 49.7 cm³/mol. The molecule has 0 fully saturated rings. The molecule has 0 saturated carbocycles. The lowest BCUT2D eigenvalue weighted by Gasteiger charge is -2.29. The molecular formula is C7H8Br2O2. The highest BCUT2D eigenvalue weighted by Crippen LogP contribution is 2.37. The van der Waals surface area contributed by atoms with Crippen LogP contribution >= 0.6 is 31.9 Å². The van der Waals surface area contributed by atoms with Crippen LogP contribution in [0.1, 0.15) is 20.3 Å². The fourth-order valence-corrected chi connectivity index (χ4v) is 1.82. The topological polar surface area (TPSA) is 26.3 Å². The second kappa shape index (κ2) is 2.90. The SMILES string of the molecule is CC1(C)OC(=O)CC(Br)=C1Br. The molecule has 0 aromatic carbocycles. The second-order valence-corrected chi connectivity index (χ2v) is 4.63. The van der Waals surface area contributed by atoms with Crippen LogP contribution in [-0.4, -0.2) is 11.6 Å². The number of rotatable bonds is 0. The smallest absolute Gasteiger partial charge is 0.311 e. The maximum atomic E-state index is 10.9. The first-order valence-corrected chi connectivity index (χ1v) is 4.78. The van der Waals surface area contributed by atoms with E-state index in [0.717, 1.165) is 8.96 Å². The van der Waals surface area contributed by atoms with E-state index in [1.807, 2.05) is 13.8 Å². The Morgan fingerprint density at radius 2 is 2.00 bits per heavy atom. The standard InChI is InChI=1S/C7H8Br2O2/c1-7(2)6(9)4(8)3-5(10)11-7/h3H2,1-2H3. The van der Waals surface area contributed by atoms with Gasteiger partial charge in [-0.3, -0.25) is 4.79 Å². The number of halogens is 2. The Morgan fingerprint density at radius 1 is 1.45 bits per heavy atom. The van der Waals surface area contributed by atoms with E-state index in [2.05, 4.69) is 31.9 Å². The van der Waals surface area contributed by atoms with Gasteiger partial charge in [0.05, 0.1) is 6.42 Å². The molecule has 1 aliphatic rings. The number of ether oxygens (including phenoxy) is 1. The maximum absolute atomic E-state index is 10.9. The van der Waals surface area contributed by atoms with Crippen molar-refractivity contribution in [3.05, 3.63) is 8.96 Å². The van der Waals surface area contributed by atoms with Crippen LogP contribution in [0.5, 0.6) is 0 Å². The fraction of sp³-hybridized carbons (Fsp3) is 0.571. The summed E-state index contributed by atoms with van der Waals surface area (Å²) in [5, 5.41) is 0. The zero-order valence-corrected chi connectivity index (χ0v) is 9.45. The molecule has 0 aliphatic carbocycles. The number of carbonyl (C=O) groups excluding carboxylic acids is 1. The Hall–Kier alpha value is 0.170. The van der Waals surface area contributed by atoms with E-state index in [1.54, 1.807) is 0 Å². The van der Waals surface area contributed by atoms with Crippen molar-refractivity contribution in [2.45, 2.75) is 25.9 Å². The Morgan fingerprint density at radius 3 is 2.45 bits per heavy atom. The van der Waals surface area contributed by atoms with Gasteiger partial charge in [0.1, 0.15) is 5.60 Å². The van der Waals surface area contributed by atoms with E-state index in [0.29, 0.717) is 6.42 Å². The van der Waals surface area contributed by atoms with Gasteiger partial charge in [0.15, 0.2) is 0 Å². The van der Waals surface area contributed by atoms with Gasteiger partial charge >= 0.3 is 5.97 Å². The van der Waals surface area contributed by atoms with Crippen LogP contribution in [0.25, 0.3) is 0 Å². The van der Waals surface area contributed by atoms with Crippen molar-refractivity contribution in [3.8, 4) is 0 Å². The quantitative estimate of drug-likeness (QED) is 0.639. The van der Waals surface area contributed by atoms with E-state index in [1.165, 1.54) is 0 Å². The summed E-state index contributed by atoms with van der Waals surface area (Å²) in [6, 6.07) is 0. The van der Waals surface area contributed by atoms with Crippen LogP contribution < -0.4 is 0 Å². The number of esters is 1. The van der Waals surface area contributed by atoms with Crippen LogP contribution in [0.15, 0.2) is 8.96 Å². The lowest BCUT2D eigenvalue weighted by Crippen LogP contribution is -2.32. The lowest BCUT2D eigenvalue weighted by molar-refractivity contribution is -0.153. The zero-order chi connectivity index (χ0) is 8.65. The van der Waals surface area contributed by atoms with Crippen molar-refractivity contribution < 1.29 is 9.53 Å². The summed E-state index contributed by atoms with van der Waals surface area (Å²) >= 11 is 6.66. The second-order valence-electron chi connectivity index (χ2n) is 2.88. The van der Waals surface area contributed by atoms with E-state index in [-0.39, 0.29) is 5.97 Å². The minimum absolute atomic E-state index is 0.190. The van der Waals surface area contributed by atoms with Crippen molar-refractivity contribution in [3.63, 3.8) is 0 Å². The van der Waals surface area contributed by atoms with Gasteiger partial charge in [0, 0.05) is 8.96 Å². The molecule has 1 rings (SSSR count). The summed E-state index contributed by atoms with van der Waals surface area (Å²) in [5.74, 6) is -0.190. The van der Waals surface area contributed by atoms with Crippen molar-refractivity contribution in [1.82, 2.24) is 0 Å². The molecule has 0 saturated heterocycles. The van der Waals surface area contributed by atoms with Crippen molar-refractivity contribution in [2.75, 3.05) is 0 Å². The highest BCUT2D eigenvalue weighted by atomic mass is 79.9. The van der Waals surface area contributed by atoms with E-state index < -0.39 is 5.60 Å². The van der Waals surface area contributed by atoms with Gasteiger partial charge < -0.3 is 4.74 Å². The highest BCUT2D eigenvalue weighted by molar-refractivity contribution is 9.14. The summed E-state index contributed by atoms with van der Waals surface area (Å²) in [4.78, 5) is 10.9. The number of carbonyl (C=O) groups is 1. The summed E-state index contributed by atoms with van der Waals surface area (Å²) in [6.07, 6.45) is 0.323. The number of hydrogen-bond donors (Lipinski definition) is 0.